The van der Waals surface area contributed by atoms with Crippen LogP contribution in [0.3, 0.4) is 0 Å². The van der Waals surface area contributed by atoms with E-state index >= 15 is 0 Å². The molecule has 2 atom stereocenters. The number of rotatable bonds is 7. The van der Waals surface area contributed by atoms with Gasteiger partial charge in [-0.15, -0.1) is 0 Å². The molecule has 1 aromatic rings. The van der Waals surface area contributed by atoms with E-state index < -0.39 is 0 Å². The third-order valence-electron chi connectivity index (χ3n) is 5.21. The van der Waals surface area contributed by atoms with E-state index in [9.17, 15) is 9.59 Å². The Hall–Kier alpha value is -2.04. The first-order valence-corrected chi connectivity index (χ1v) is 9.41. The van der Waals surface area contributed by atoms with Crippen molar-refractivity contribution in [1.82, 2.24) is 10.2 Å². The number of amides is 2. The second-order valence-corrected chi connectivity index (χ2v) is 7.16. The fraction of sp³-hybridized carbons (Fsp3) is 0.600. The Labute approximate surface area is 149 Å². The quantitative estimate of drug-likeness (QED) is 0.827. The highest BCUT2D eigenvalue weighted by Gasteiger charge is 2.36. The van der Waals surface area contributed by atoms with Gasteiger partial charge in [-0.1, -0.05) is 32.0 Å². The van der Waals surface area contributed by atoms with Crippen LogP contribution in [-0.4, -0.2) is 41.9 Å². The Morgan fingerprint density at radius 2 is 2.04 bits per heavy atom. The van der Waals surface area contributed by atoms with Gasteiger partial charge in [-0.05, 0) is 49.7 Å². The molecule has 2 amide bonds. The number of carbonyl (C=O) groups excluding carboxylic acids is 2. The zero-order chi connectivity index (χ0) is 17.8. The zero-order valence-electron chi connectivity index (χ0n) is 15.2. The van der Waals surface area contributed by atoms with Crippen molar-refractivity contribution >= 4 is 11.8 Å². The molecule has 25 heavy (non-hydrogen) atoms. The highest BCUT2D eigenvalue weighted by Crippen LogP contribution is 2.28. The summed E-state index contributed by atoms with van der Waals surface area (Å²) in [5.41, 5.74) is 1.13. The fourth-order valence-corrected chi connectivity index (χ4v) is 3.32. The summed E-state index contributed by atoms with van der Waals surface area (Å²) in [7, 11) is 0. The monoisotopic (exact) mass is 344 g/mol. The largest absolute Gasteiger partial charge is 0.483 e. The van der Waals surface area contributed by atoms with Crippen LogP contribution >= 0.6 is 0 Å². The van der Waals surface area contributed by atoms with Gasteiger partial charge in [0.1, 0.15) is 11.8 Å². The molecule has 1 N–H and O–H groups in total. The first kappa shape index (κ1) is 17.8. The molecule has 0 spiro atoms. The summed E-state index contributed by atoms with van der Waals surface area (Å²) in [6.07, 6.45) is 4.75. The number of para-hydroxylation sites is 1. The van der Waals surface area contributed by atoms with E-state index in [1.54, 1.807) is 4.90 Å². The van der Waals surface area contributed by atoms with Gasteiger partial charge < -0.3 is 15.0 Å². The minimum Gasteiger partial charge on any atom is -0.483 e. The molecule has 3 rings (SSSR count). The predicted molar refractivity (Wildman–Crippen MR) is 96.5 cm³/mol. The summed E-state index contributed by atoms with van der Waals surface area (Å²) >= 11 is 0. The molecule has 0 bridgehead atoms. The van der Waals surface area contributed by atoms with Crippen LogP contribution in [0.2, 0.25) is 0 Å². The third-order valence-corrected chi connectivity index (χ3v) is 5.21. The second-order valence-electron chi connectivity index (χ2n) is 7.16. The Kier molecular flexibility index (Phi) is 5.61. The van der Waals surface area contributed by atoms with Crippen LogP contribution in [0.1, 0.15) is 57.4 Å². The van der Waals surface area contributed by atoms with Gasteiger partial charge in [0.25, 0.3) is 5.91 Å². The first-order chi connectivity index (χ1) is 12.1. The van der Waals surface area contributed by atoms with Gasteiger partial charge in [-0.2, -0.15) is 0 Å². The van der Waals surface area contributed by atoms with Crippen LogP contribution in [0.15, 0.2) is 24.3 Å². The van der Waals surface area contributed by atoms with Crippen LogP contribution < -0.4 is 10.1 Å². The molecular formula is C20H28N2O3. The second kappa shape index (κ2) is 7.89. The number of hydrogen-bond donors (Lipinski definition) is 1. The molecule has 1 saturated carbocycles. The van der Waals surface area contributed by atoms with Gasteiger partial charge >= 0.3 is 0 Å². The van der Waals surface area contributed by atoms with Crippen LogP contribution in [0.25, 0.3) is 0 Å². The molecule has 2 aliphatic rings. The molecular weight excluding hydrogens is 316 g/mol. The number of likely N-dealkylation sites (tertiary alicyclic amines) is 1. The molecule has 136 valence electrons. The maximum atomic E-state index is 12.6. The van der Waals surface area contributed by atoms with Gasteiger partial charge in [0.05, 0.1) is 0 Å². The molecule has 5 nitrogen and oxygen atoms in total. The minimum absolute atomic E-state index is 0.00615. The number of ether oxygens (including phenoxy) is 1. The lowest BCUT2D eigenvalue weighted by molar-refractivity contribution is -0.140. The molecule has 2 fully saturated rings. The number of nitrogens with zero attached hydrogens (tertiary/aromatic N) is 1. The number of benzene rings is 1. The summed E-state index contributed by atoms with van der Waals surface area (Å²) in [6, 6.07) is 7.87. The Balaban J connectivity index is 1.59. The van der Waals surface area contributed by atoms with Crippen molar-refractivity contribution < 1.29 is 14.3 Å². The molecule has 1 aromatic carbocycles. The lowest BCUT2D eigenvalue weighted by Crippen LogP contribution is -2.47. The van der Waals surface area contributed by atoms with Crippen LogP contribution in [0.4, 0.5) is 0 Å². The molecule has 1 aliphatic carbocycles. The molecule has 0 aromatic heterocycles. The van der Waals surface area contributed by atoms with Gasteiger partial charge in [0, 0.05) is 12.6 Å². The van der Waals surface area contributed by atoms with E-state index in [-0.39, 0.29) is 24.5 Å². The molecule has 2 unspecified atom stereocenters. The third kappa shape index (κ3) is 4.33. The molecule has 5 heteroatoms. The summed E-state index contributed by atoms with van der Waals surface area (Å²) < 4.78 is 5.83. The SMILES string of the molecule is CCC(C)c1ccccc1OCC(=O)N1CCCC1C(=O)NC1CC1. The number of nitrogens with one attached hydrogen (secondary N) is 1. The highest BCUT2D eigenvalue weighted by atomic mass is 16.5. The predicted octanol–water partition coefficient (Wildman–Crippen LogP) is 2.85. The molecule has 1 heterocycles. The van der Waals surface area contributed by atoms with Gasteiger partial charge in [0.2, 0.25) is 5.91 Å². The van der Waals surface area contributed by atoms with Crippen LogP contribution in [0.5, 0.6) is 5.75 Å². The average molecular weight is 344 g/mol. The van der Waals surface area contributed by atoms with Crippen molar-refractivity contribution in [3.8, 4) is 5.75 Å². The highest BCUT2D eigenvalue weighted by molar-refractivity contribution is 5.89. The topological polar surface area (TPSA) is 58.6 Å². The normalized spacial score (nSPS) is 21.0. The number of hydrogen-bond acceptors (Lipinski definition) is 3. The Bertz CT molecular complexity index is 627. The van der Waals surface area contributed by atoms with E-state index in [1.807, 2.05) is 18.2 Å². The first-order valence-electron chi connectivity index (χ1n) is 9.41. The standard InChI is InChI=1S/C20H28N2O3/c1-3-14(2)16-7-4-5-9-18(16)25-13-19(23)22-12-6-8-17(22)20(24)21-15-10-11-15/h4-5,7,9,14-15,17H,3,6,8,10-13H2,1-2H3,(H,21,24). The van der Waals surface area contributed by atoms with Crippen molar-refractivity contribution in [2.24, 2.45) is 0 Å². The van der Waals surface area contributed by atoms with Crippen molar-refractivity contribution in [3.05, 3.63) is 29.8 Å². The lowest BCUT2D eigenvalue weighted by Gasteiger charge is -2.24. The molecule has 1 saturated heterocycles. The van der Waals surface area contributed by atoms with E-state index in [1.165, 1.54) is 0 Å². The minimum atomic E-state index is -0.332. The van der Waals surface area contributed by atoms with Crippen molar-refractivity contribution in [2.75, 3.05) is 13.2 Å². The summed E-state index contributed by atoms with van der Waals surface area (Å²) in [6.45, 7) is 4.92. The van der Waals surface area contributed by atoms with Crippen molar-refractivity contribution in [2.45, 2.75) is 64.0 Å². The van der Waals surface area contributed by atoms with E-state index in [2.05, 4.69) is 25.2 Å². The Morgan fingerprint density at radius 3 is 2.76 bits per heavy atom. The van der Waals surface area contributed by atoms with Crippen molar-refractivity contribution in [1.29, 1.82) is 0 Å². The fourth-order valence-electron chi connectivity index (χ4n) is 3.32. The van der Waals surface area contributed by atoms with Gasteiger partial charge in [0.15, 0.2) is 6.61 Å². The summed E-state index contributed by atoms with van der Waals surface area (Å²) in [5, 5.41) is 3.01. The van der Waals surface area contributed by atoms with Crippen molar-refractivity contribution in [3.63, 3.8) is 0 Å². The molecule has 1 aliphatic heterocycles. The molecule has 0 radical (unpaired) electrons. The number of carbonyl (C=O) groups is 2. The Morgan fingerprint density at radius 1 is 1.28 bits per heavy atom. The maximum absolute atomic E-state index is 12.6. The zero-order valence-corrected chi connectivity index (χ0v) is 15.2. The lowest BCUT2D eigenvalue weighted by atomic mass is 9.98. The average Bonchev–Trinajstić information content (AvgIpc) is 3.30. The smallest absolute Gasteiger partial charge is 0.261 e. The maximum Gasteiger partial charge on any atom is 0.261 e. The van der Waals surface area contributed by atoms with Gasteiger partial charge in [-0.25, -0.2) is 0 Å². The summed E-state index contributed by atoms with van der Waals surface area (Å²) in [5.74, 6) is 1.04. The van der Waals surface area contributed by atoms with E-state index in [0.29, 0.717) is 18.5 Å². The summed E-state index contributed by atoms with van der Waals surface area (Å²) in [4.78, 5) is 26.6. The van der Waals surface area contributed by atoms with Crippen LogP contribution in [0, 0.1) is 0 Å². The van der Waals surface area contributed by atoms with E-state index in [0.717, 1.165) is 43.4 Å². The van der Waals surface area contributed by atoms with E-state index in [4.69, 9.17) is 4.74 Å². The van der Waals surface area contributed by atoms with Crippen LogP contribution in [-0.2, 0) is 9.59 Å². The van der Waals surface area contributed by atoms with Gasteiger partial charge in [-0.3, -0.25) is 9.59 Å².